The summed E-state index contributed by atoms with van der Waals surface area (Å²) >= 11 is 7.43. The molecule has 0 saturated heterocycles. The molecule has 0 aliphatic carbocycles. The van der Waals surface area contributed by atoms with Crippen LogP contribution in [0.5, 0.6) is 0 Å². The van der Waals surface area contributed by atoms with Crippen LogP contribution in [0.3, 0.4) is 0 Å². The van der Waals surface area contributed by atoms with Crippen LogP contribution in [-0.4, -0.2) is 10.0 Å². The molecule has 0 aromatic heterocycles. The zero-order chi connectivity index (χ0) is 13.8. The molecule has 0 atom stereocenters. The standard InChI is InChI=1S/C13H10ClNO3S/c14-12-7-10(15(17)18)3-6-13(12)19-11-4-1-9(8-16)2-5-11/h1-7,16H,8H2. The van der Waals surface area contributed by atoms with E-state index in [1.807, 2.05) is 24.3 Å². The number of aliphatic hydroxyl groups is 1. The summed E-state index contributed by atoms with van der Waals surface area (Å²) in [5.74, 6) is 0. The summed E-state index contributed by atoms with van der Waals surface area (Å²) in [5, 5.41) is 19.9. The molecule has 0 spiro atoms. The zero-order valence-electron chi connectivity index (χ0n) is 9.75. The van der Waals surface area contributed by atoms with Gasteiger partial charge in [0.1, 0.15) is 0 Å². The quantitative estimate of drug-likeness (QED) is 0.686. The molecule has 0 fully saturated rings. The van der Waals surface area contributed by atoms with Gasteiger partial charge in [0.05, 0.1) is 16.6 Å². The maximum absolute atomic E-state index is 10.6. The van der Waals surface area contributed by atoms with Crippen molar-refractivity contribution in [2.24, 2.45) is 0 Å². The highest BCUT2D eigenvalue weighted by atomic mass is 35.5. The second kappa shape index (κ2) is 6.06. The Balaban J connectivity index is 2.20. The number of non-ortho nitro benzene ring substituents is 1. The second-order valence-corrected chi connectivity index (χ2v) is 5.30. The molecule has 2 aromatic rings. The molecule has 0 heterocycles. The number of benzene rings is 2. The van der Waals surface area contributed by atoms with Crippen LogP contribution in [-0.2, 0) is 6.61 Å². The Hall–Kier alpha value is -1.56. The average Bonchev–Trinajstić information content (AvgIpc) is 2.41. The van der Waals surface area contributed by atoms with Gasteiger partial charge in [-0.1, -0.05) is 35.5 Å². The third kappa shape index (κ3) is 3.47. The number of rotatable bonds is 4. The third-order valence-electron chi connectivity index (χ3n) is 2.46. The van der Waals surface area contributed by atoms with E-state index in [2.05, 4.69) is 0 Å². The van der Waals surface area contributed by atoms with E-state index in [0.717, 1.165) is 15.4 Å². The molecule has 2 rings (SSSR count). The lowest BCUT2D eigenvalue weighted by molar-refractivity contribution is -0.384. The summed E-state index contributed by atoms with van der Waals surface area (Å²) in [7, 11) is 0. The van der Waals surface area contributed by atoms with Crippen LogP contribution in [0, 0.1) is 10.1 Å². The van der Waals surface area contributed by atoms with Gasteiger partial charge in [-0.05, 0) is 23.8 Å². The minimum absolute atomic E-state index is 0.00321. The van der Waals surface area contributed by atoms with Crippen LogP contribution in [0.2, 0.25) is 5.02 Å². The minimum atomic E-state index is -0.476. The molecule has 2 aromatic carbocycles. The smallest absolute Gasteiger partial charge is 0.270 e. The summed E-state index contributed by atoms with van der Waals surface area (Å²) in [5.41, 5.74) is 0.809. The van der Waals surface area contributed by atoms with E-state index in [1.54, 1.807) is 6.07 Å². The first-order valence-corrected chi connectivity index (χ1v) is 6.61. The lowest BCUT2D eigenvalue weighted by Crippen LogP contribution is -1.88. The van der Waals surface area contributed by atoms with Crippen molar-refractivity contribution in [2.75, 3.05) is 0 Å². The molecule has 1 N–H and O–H groups in total. The topological polar surface area (TPSA) is 63.4 Å². The van der Waals surface area contributed by atoms with Crippen molar-refractivity contribution < 1.29 is 10.0 Å². The summed E-state index contributed by atoms with van der Waals surface area (Å²) in [6, 6.07) is 11.8. The molecule has 0 aliphatic rings. The number of hydrogen-bond acceptors (Lipinski definition) is 4. The van der Waals surface area contributed by atoms with Crippen molar-refractivity contribution in [1.29, 1.82) is 0 Å². The van der Waals surface area contributed by atoms with E-state index in [1.165, 1.54) is 23.9 Å². The van der Waals surface area contributed by atoms with Crippen LogP contribution in [0.1, 0.15) is 5.56 Å². The van der Waals surface area contributed by atoms with Gasteiger partial charge < -0.3 is 5.11 Å². The Bertz CT molecular complexity index is 601. The van der Waals surface area contributed by atoms with Gasteiger partial charge in [0.2, 0.25) is 0 Å². The van der Waals surface area contributed by atoms with Crippen LogP contribution in [0.4, 0.5) is 5.69 Å². The number of aliphatic hydroxyl groups excluding tert-OH is 1. The number of nitrogens with zero attached hydrogens (tertiary/aromatic N) is 1. The summed E-state index contributed by atoms with van der Waals surface area (Å²) in [6.45, 7) is 0.00321. The number of hydrogen-bond donors (Lipinski definition) is 1. The molecule has 0 radical (unpaired) electrons. The summed E-state index contributed by atoms with van der Waals surface area (Å²) in [6.07, 6.45) is 0. The Labute approximate surface area is 119 Å². The SMILES string of the molecule is O=[N+]([O-])c1ccc(Sc2ccc(CO)cc2)c(Cl)c1. The van der Waals surface area contributed by atoms with Gasteiger partial charge in [0.15, 0.2) is 0 Å². The molecule has 98 valence electrons. The number of halogens is 1. The predicted octanol–water partition coefficient (Wildman–Crippen LogP) is 3.89. The first-order chi connectivity index (χ1) is 9.10. The molecule has 4 nitrogen and oxygen atoms in total. The summed E-state index contributed by atoms with van der Waals surface area (Å²) < 4.78 is 0. The Morgan fingerprint density at radius 3 is 2.42 bits per heavy atom. The fourth-order valence-electron chi connectivity index (χ4n) is 1.48. The normalized spacial score (nSPS) is 10.4. The van der Waals surface area contributed by atoms with Gasteiger partial charge in [-0.3, -0.25) is 10.1 Å². The van der Waals surface area contributed by atoms with E-state index in [-0.39, 0.29) is 12.3 Å². The van der Waals surface area contributed by atoms with Crippen LogP contribution in [0.15, 0.2) is 52.3 Å². The van der Waals surface area contributed by atoms with Crippen molar-refractivity contribution in [3.8, 4) is 0 Å². The molecule has 0 aliphatic heterocycles. The van der Waals surface area contributed by atoms with Gasteiger partial charge in [-0.25, -0.2) is 0 Å². The van der Waals surface area contributed by atoms with Crippen LogP contribution < -0.4 is 0 Å². The Morgan fingerprint density at radius 1 is 1.21 bits per heavy atom. The van der Waals surface area contributed by atoms with Gasteiger partial charge in [0.25, 0.3) is 5.69 Å². The first kappa shape index (κ1) is 13.9. The zero-order valence-corrected chi connectivity index (χ0v) is 11.3. The fourth-order valence-corrected chi connectivity index (χ4v) is 2.59. The highest BCUT2D eigenvalue weighted by Gasteiger charge is 2.10. The molecule has 0 bridgehead atoms. The van der Waals surface area contributed by atoms with Crippen molar-refractivity contribution in [1.82, 2.24) is 0 Å². The first-order valence-electron chi connectivity index (χ1n) is 5.42. The highest BCUT2D eigenvalue weighted by Crippen LogP contribution is 2.35. The molecular weight excluding hydrogens is 286 g/mol. The molecule has 19 heavy (non-hydrogen) atoms. The Morgan fingerprint density at radius 2 is 1.89 bits per heavy atom. The van der Waals surface area contributed by atoms with Crippen LogP contribution in [0.25, 0.3) is 0 Å². The largest absolute Gasteiger partial charge is 0.392 e. The fraction of sp³-hybridized carbons (Fsp3) is 0.0769. The van der Waals surface area contributed by atoms with Gasteiger partial charge in [-0.2, -0.15) is 0 Å². The lowest BCUT2D eigenvalue weighted by atomic mass is 10.2. The van der Waals surface area contributed by atoms with E-state index >= 15 is 0 Å². The van der Waals surface area contributed by atoms with Gasteiger partial charge in [-0.15, -0.1) is 0 Å². The van der Waals surface area contributed by atoms with E-state index in [4.69, 9.17) is 16.7 Å². The summed E-state index contributed by atoms with van der Waals surface area (Å²) in [4.78, 5) is 11.8. The number of nitro groups is 1. The lowest BCUT2D eigenvalue weighted by Gasteiger charge is -2.04. The van der Waals surface area contributed by atoms with Crippen molar-refractivity contribution in [2.45, 2.75) is 16.4 Å². The molecule has 0 unspecified atom stereocenters. The van der Waals surface area contributed by atoms with E-state index in [0.29, 0.717) is 5.02 Å². The van der Waals surface area contributed by atoms with Gasteiger partial charge in [0, 0.05) is 21.9 Å². The molecule has 6 heteroatoms. The van der Waals surface area contributed by atoms with E-state index < -0.39 is 4.92 Å². The molecule has 0 saturated carbocycles. The third-order valence-corrected chi connectivity index (χ3v) is 3.97. The van der Waals surface area contributed by atoms with Gasteiger partial charge >= 0.3 is 0 Å². The van der Waals surface area contributed by atoms with Crippen molar-refractivity contribution in [3.05, 3.63) is 63.2 Å². The second-order valence-electron chi connectivity index (χ2n) is 3.78. The van der Waals surface area contributed by atoms with E-state index in [9.17, 15) is 10.1 Å². The van der Waals surface area contributed by atoms with Crippen molar-refractivity contribution in [3.63, 3.8) is 0 Å². The highest BCUT2D eigenvalue weighted by molar-refractivity contribution is 7.99. The van der Waals surface area contributed by atoms with Crippen molar-refractivity contribution >= 4 is 29.1 Å². The molecule has 0 amide bonds. The molecular formula is C13H10ClNO3S. The monoisotopic (exact) mass is 295 g/mol. The number of nitro benzene ring substituents is 1. The maximum Gasteiger partial charge on any atom is 0.270 e. The predicted molar refractivity (Wildman–Crippen MR) is 74.6 cm³/mol. The Kier molecular flexibility index (Phi) is 4.42. The maximum atomic E-state index is 10.6. The van der Waals surface area contributed by atoms with Crippen LogP contribution >= 0.6 is 23.4 Å². The minimum Gasteiger partial charge on any atom is -0.392 e. The average molecular weight is 296 g/mol.